The second-order valence-corrected chi connectivity index (χ2v) is 4.12. The standard InChI is InChI=1S/C13H14FN3O3/c1-3-11-12(17-20-16-11)15-13(18)8(2)19-10-6-4-9(14)5-7-10/h4-8H,3H2,1-2H3,(H,15,17,18)/t8-/m0/s1. The Balaban J connectivity index is 1.97. The molecule has 6 nitrogen and oxygen atoms in total. The maximum Gasteiger partial charge on any atom is 0.266 e. The fourth-order valence-electron chi connectivity index (χ4n) is 1.52. The molecule has 7 heteroatoms. The molecule has 20 heavy (non-hydrogen) atoms. The van der Waals surface area contributed by atoms with Crippen molar-refractivity contribution in [2.24, 2.45) is 0 Å². The second kappa shape index (κ2) is 6.14. The van der Waals surface area contributed by atoms with Gasteiger partial charge in [-0.05, 0) is 42.8 Å². The van der Waals surface area contributed by atoms with Crippen LogP contribution in [-0.4, -0.2) is 22.3 Å². The molecule has 1 atom stereocenters. The first-order valence-corrected chi connectivity index (χ1v) is 6.14. The maximum absolute atomic E-state index is 12.8. The van der Waals surface area contributed by atoms with Crippen LogP contribution in [-0.2, 0) is 11.2 Å². The number of carbonyl (C=O) groups excluding carboxylic acids is 1. The Labute approximate surface area is 114 Å². The molecule has 1 N–H and O–H groups in total. The quantitative estimate of drug-likeness (QED) is 0.907. The Morgan fingerprint density at radius 1 is 1.40 bits per heavy atom. The summed E-state index contributed by atoms with van der Waals surface area (Å²) in [5.74, 6) is -0.0643. The lowest BCUT2D eigenvalue weighted by Gasteiger charge is -2.13. The first kappa shape index (κ1) is 14.0. The van der Waals surface area contributed by atoms with Gasteiger partial charge in [-0.25, -0.2) is 9.02 Å². The summed E-state index contributed by atoms with van der Waals surface area (Å²) in [6.07, 6.45) is -0.173. The molecular formula is C13H14FN3O3. The molecule has 106 valence electrons. The van der Waals surface area contributed by atoms with Gasteiger partial charge in [0.1, 0.15) is 17.3 Å². The predicted molar refractivity (Wildman–Crippen MR) is 68.8 cm³/mol. The van der Waals surface area contributed by atoms with Crippen LogP contribution in [0.2, 0.25) is 0 Å². The average molecular weight is 279 g/mol. The number of benzene rings is 1. The van der Waals surface area contributed by atoms with Crippen molar-refractivity contribution in [1.29, 1.82) is 0 Å². The van der Waals surface area contributed by atoms with Crippen molar-refractivity contribution in [3.63, 3.8) is 0 Å². The van der Waals surface area contributed by atoms with Crippen molar-refractivity contribution in [2.75, 3.05) is 5.32 Å². The van der Waals surface area contributed by atoms with E-state index in [9.17, 15) is 9.18 Å². The molecule has 0 bridgehead atoms. The minimum absolute atomic E-state index is 0.284. The number of anilines is 1. The van der Waals surface area contributed by atoms with Crippen LogP contribution in [0.3, 0.4) is 0 Å². The average Bonchev–Trinajstić information content (AvgIpc) is 2.88. The van der Waals surface area contributed by atoms with Gasteiger partial charge in [0.05, 0.1) is 0 Å². The number of hydrogen-bond acceptors (Lipinski definition) is 5. The van der Waals surface area contributed by atoms with Gasteiger partial charge < -0.3 is 10.1 Å². The van der Waals surface area contributed by atoms with Gasteiger partial charge in [0, 0.05) is 0 Å². The van der Waals surface area contributed by atoms with Crippen molar-refractivity contribution in [2.45, 2.75) is 26.4 Å². The SMILES string of the molecule is CCc1nonc1NC(=O)[C@H](C)Oc1ccc(F)cc1. The van der Waals surface area contributed by atoms with Gasteiger partial charge in [-0.1, -0.05) is 12.1 Å². The van der Waals surface area contributed by atoms with Crippen molar-refractivity contribution in [3.05, 3.63) is 35.8 Å². The summed E-state index contributed by atoms with van der Waals surface area (Å²) < 4.78 is 22.7. The molecule has 0 aliphatic heterocycles. The molecule has 1 aromatic heterocycles. The minimum atomic E-state index is -0.762. The van der Waals surface area contributed by atoms with Crippen molar-refractivity contribution in [1.82, 2.24) is 10.3 Å². The molecule has 0 saturated heterocycles. The highest BCUT2D eigenvalue weighted by Crippen LogP contribution is 2.15. The van der Waals surface area contributed by atoms with E-state index in [0.29, 0.717) is 17.9 Å². The molecule has 0 saturated carbocycles. The Hall–Kier alpha value is -2.44. The molecule has 0 fully saturated rings. The molecular weight excluding hydrogens is 265 g/mol. The molecule has 2 aromatic rings. The van der Waals surface area contributed by atoms with Gasteiger partial charge in [0.25, 0.3) is 5.91 Å². The number of halogens is 1. The topological polar surface area (TPSA) is 77.3 Å². The lowest BCUT2D eigenvalue weighted by molar-refractivity contribution is -0.122. The lowest BCUT2D eigenvalue weighted by Crippen LogP contribution is -2.30. The first-order valence-electron chi connectivity index (χ1n) is 6.14. The minimum Gasteiger partial charge on any atom is -0.481 e. The number of nitrogens with one attached hydrogen (secondary N) is 1. The molecule has 0 radical (unpaired) electrons. The number of aromatic nitrogens is 2. The Kier molecular flexibility index (Phi) is 4.29. The van der Waals surface area contributed by atoms with E-state index in [-0.39, 0.29) is 17.5 Å². The van der Waals surface area contributed by atoms with Gasteiger partial charge in [-0.3, -0.25) is 4.79 Å². The van der Waals surface area contributed by atoms with Crippen LogP contribution in [0.1, 0.15) is 19.5 Å². The van der Waals surface area contributed by atoms with Crippen LogP contribution >= 0.6 is 0 Å². The maximum atomic E-state index is 12.8. The van der Waals surface area contributed by atoms with E-state index >= 15 is 0 Å². The van der Waals surface area contributed by atoms with Crippen LogP contribution in [0.4, 0.5) is 10.2 Å². The van der Waals surface area contributed by atoms with E-state index in [1.54, 1.807) is 6.92 Å². The van der Waals surface area contributed by atoms with E-state index in [4.69, 9.17) is 4.74 Å². The van der Waals surface area contributed by atoms with Crippen molar-refractivity contribution < 1.29 is 18.6 Å². The Morgan fingerprint density at radius 2 is 2.10 bits per heavy atom. The van der Waals surface area contributed by atoms with Crippen LogP contribution in [0.15, 0.2) is 28.9 Å². The summed E-state index contributed by atoms with van der Waals surface area (Å²) in [7, 11) is 0. The fraction of sp³-hybridized carbons (Fsp3) is 0.308. The molecule has 0 aliphatic rings. The highest BCUT2D eigenvalue weighted by Gasteiger charge is 2.18. The molecule has 2 rings (SSSR count). The normalized spacial score (nSPS) is 11.9. The first-order chi connectivity index (χ1) is 9.60. The van der Waals surface area contributed by atoms with E-state index in [1.165, 1.54) is 24.3 Å². The van der Waals surface area contributed by atoms with E-state index in [0.717, 1.165) is 0 Å². The number of amides is 1. The van der Waals surface area contributed by atoms with Crippen LogP contribution < -0.4 is 10.1 Å². The third-order valence-electron chi connectivity index (χ3n) is 2.63. The van der Waals surface area contributed by atoms with Gasteiger partial charge in [-0.2, -0.15) is 0 Å². The summed E-state index contributed by atoms with van der Waals surface area (Å²) in [6.45, 7) is 3.45. The molecule has 1 amide bonds. The zero-order valence-corrected chi connectivity index (χ0v) is 11.1. The molecule has 1 heterocycles. The van der Waals surface area contributed by atoms with E-state index < -0.39 is 6.10 Å². The van der Waals surface area contributed by atoms with Crippen LogP contribution in [0.5, 0.6) is 5.75 Å². The van der Waals surface area contributed by atoms with Gasteiger partial charge in [0.15, 0.2) is 6.10 Å². The van der Waals surface area contributed by atoms with Crippen LogP contribution in [0, 0.1) is 5.82 Å². The predicted octanol–water partition coefficient (Wildman–Crippen LogP) is 2.18. The summed E-state index contributed by atoms with van der Waals surface area (Å²) >= 11 is 0. The molecule has 0 spiro atoms. The molecule has 1 aromatic carbocycles. The van der Waals surface area contributed by atoms with Gasteiger partial charge in [-0.15, -0.1) is 0 Å². The van der Waals surface area contributed by atoms with Gasteiger partial charge >= 0.3 is 0 Å². The lowest BCUT2D eigenvalue weighted by atomic mass is 10.3. The van der Waals surface area contributed by atoms with Crippen molar-refractivity contribution in [3.8, 4) is 5.75 Å². The Morgan fingerprint density at radius 3 is 2.75 bits per heavy atom. The van der Waals surface area contributed by atoms with E-state index in [1.807, 2.05) is 6.92 Å². The summed E-state index contributed by atoms with van der Waals surface area (Å²) in [5.41, 5.74) is 0.562. The summed E-state index contributed by atoms with van der Waals surface area (Å²) in [4.78, 5) is 11.9. The van der Waals surface area contributed by atoms with Crippen LogP contribution in [0.25, 0.3) is 0 Å². The largest absolute Gasteiger partial charge is 0.481 e. The fourth-order valence-corrected chi connectivity index (χ4v) is 1.52. The number of hydrogen-bond donors (Lipinski definition) is 1. The highest BCUT2D eigenvalue weighted by molar-refractivity contribution is 5.93. The van der Waals surface area contributed by atoms with Gasteiger partial charge in [0.2, 0.25) is 5.82 Å². The summed E-state index contributed by atoms with van der Waals surface area (Å²) in [5, 5.41) is 9.83. The second-order valence-electron chi connectivity index (χ2n) is 4.12. The summed E-state index contributed by atoms with van der Waals surface area (Å²) in [6, 6.07) is 5.43. The monoisotopic (exact) mass is 279 g/mol. The molecule has 0 unspecified atom stereocenters. The number of ether oxygens (including phenoxy) is 1. The number of aryl methyl sites for hydroxylation is 1. The Bertz CT molecular complexity index is 583. The number of rotatable bonds is 5. The number of carbonyl (C=O) groups is 1. The number of nitrogens with zero attached hydrogens (tertiary/aromatic N) is 2. The van der Waals surface area contributed by atoms with E-state index in [2.05, 4.69) is 20.3 Å². The highest BCUT2D eigenvalue weighted by atomic mass is 19.1. The third-order valence-corrected chi connectivity index (χ3v) is 2.63. The zero-order valence-electron chi connectivity index (χ0n) is 11.1. The molecule has 0 aliphatic carbocycles. The van der Waals surface area contributed by atoms with Crippen molar-refractivity contribution >= 4 is 11.7 Å². The zero-order chi connectivity index (χ0) is 14.5. The smallest absolute Gasteiger partial charge is 0.266 e. The third kappa shape index (κ3) is 3.31.